The number of anilines is 2. The first-order chi connectivity index (χ1) is 9.60. The Labute approximate surface area is 122 Å². The molecule has 1 aliphatic rings. The number of aromatic nitrogens is 1. The van der Waals surface area contributed by atoms with Crippen LogP contribution >= 0.6 is 11.3 Å². The van der Waals surface area contributed by atoms with E-state index in [2.05, 4.69) is 15.0 Å². The van der Waals surface area contributed by atoms with Gasteiger partial charge in [-0.15, -0.1) is 11.3 Å². The molecule has 0 bridgehead atoms. The number of rotatable bonds is 5. The topological polar surface area (TPSA) is 71.1 Å². The van der Waals surface area contributed by atoms with Gasteiger partial charge in [-0.2, -0.15) is 0 Å². The summed E-state index contributed by atoms with van der Waals surface area (Å²) in [7, 11) is -1.92. The summed E-state index contributed by atoms with van der Waals surface area (Å²) >= 11 is 1.33. The second-order valence-electron chi connectivity index (χ2n) is 4.70. The Morgan fingerprint density at radius 3 is 2.75 bits per heavy atom. The molecule has 0 aliphatic heterocycles. The smallest absolute Gasteiger partial charge is 0.265 e. The van der Waals surface area contributed by atoms with Gasteiger partial charge in [-0.1, -0.05) is 12.1 Å². The second kappa shape index (κ2) is 5.06. The predicted molar refractivity (Wildman–Crippen MR) is 80.9 cm³/mol. The number of benzene rings is 1. The molecule has 1 fully saturated rings. The van der Waals surface area contributed by atoms with Crippen molar-refractivity contribution in [2.75, 3.05) is 17.1 Å². The standard InChI is InChI=1S/C13H15N3O2S2/c1-14-10-4-2-3-5-12(10)20(17,18)16-13-15-11(8-19-13)9-6-7-9/h2-5,8-9,14H,6-7H2,1H3,(H,15,16). The highest BCUT2D eigenvalue weighted by Gasteiger charge is 2.27. The molecular formula is C13H15N3O2S2. The van der Waals surface area contributed by atoms with Crippen molar-refractivity contribution < 1.29 is 8.42 Å². The van der Waals surface area contributed by atoms with Gasteiger partial charge in [0.2, 0.25) is 0 Å². The van der Waals surface area contributed by atoms with Crippen LogP contribution in [0.25, 0.3) is 0 Å². The van der Waals surface area contributed by atoms with Crippen LogP contribution in [-0.4, -0.2) is 20.4 Å². The van der Waals surface area contributed by atoms with Crippen LogP contribution in [-0.2, 0) is 10.0 Å². The molecule has 1 saturated carbocycles. The van der Waals surface area contributed by atoms with Crippen LogP contribution in [0.1, 0.15) is 24.5 Å². The fraction of sp³-hybridized carbons (Fsp3) is 0.308. The lowest BCUT2D eigenvalue weighted by Gasteiger charge is -2.09. The van der Waals surface area contributed by atoms with Crippen molar-refractivity contribution in [3.8, 4) is 0 Å². The Balaban J connectivity index is 1.87. The first-order valence-corrected chi connectivity index (χ1v) is 8.71. The summed E-state index contributed by atoms with van der Waals surface area (Å²) in [6.07, 6.45) is 2.30. The van der Waals surface area contributed by atoms with Crippen molar-refractivity contribution >= 4 is 32.2 Å². The highest BCUT2D eigenvalue weighted by atomic mass is 32.2. The highest BCUT2D eigenvalue weighted by Crippen LogP contribution is 2.41. The lowest BCUT2D eigenvalue weighted by Crippen LogP contribution is -2.14. The van der Waals surface area contributed by atoms with E-state index in [0.29, 0.717) is 16.7 Å². The molecule has 0 amide bonds. The van der Waals surface area contributed by atoms with Crippen LogP contribution in [0, 0.1) is 0 Å². The number of hydrogen-bond acceptors (Lipinski definition) is 5. The van der Waals surface area contributed by atoms with Gasteiger partial charge in [-0.3, -0.25) is 4.72 Å². The number of sulfonamides is 1. The predicted octanol–water partition coefficient (Wildman–Crippen LogP) is 2.86. The molecule has 20 heavy (non-hydrogen) atoms. The average molecular weight is 309 g/mol. The van der Waals surface area contributed by atoms with E-state index in [1.807, 2.05) is 5.38 Å². The highest BCUT2D eigenvalue weighted by molar-refractivity contribution is 7.93. The Kier molecular flexibility index (Phi) is 3.39. The van der Waals surface area contributed by atoms with Crippen molar-refractivity contribution in [2.45, 2.75) is 23.7 Å². The van der Waals surface area contributed by atoms with E-state index >= 15 is 0 Å². The van der Waals surface area contributed by atoms with E-state index in [4.69, 9.17) is 0 Å². The molecule has 1 heterocycles. The summed E-state index contributed by atoms with van der Waals surface area (Å²) in [4.78, 5) is 4.57. The summed E-state index contributed by atoms with van der Waals surface area (Å²) in [5, 5.41) is 5.24. The summed E-state index contributed by atoms with van der Waals surface area (Å²) in [6.45, 7) is 0. The molecule has 1 aromatic heterocycles. The van der Waals surface area contributed by atoms with Gasteiger partial charge < -0.3 is 5.32 Å². The maximum atomic E-state index is 12.4. The van der Waals surface area contributed by atoms with Crippen LogP contribution < -0.4 is 10.0 Å². The minimum atomic E-state index is -3.61. The maximum Gasteiger partial charge on any atom is 0.265 e. The third-order valence-corrected chi connectivity index (χ3v) is 5.49. The van der Waals surface area contributed by atoms with Crippen LogP contribution in [0.2, 0.25) is 0 Å². The van der Waals surface area contributed by atoms with Crippen LogP contribution in [0.15, 0.2) is 34.5 Å². The zero-order valence-corrected chi connectivity index (χ0v) is 12.6. The molecule has 3 rings (SSSR count). The second-order valence-corrected chi connectivity index (χ2v) is 7.21. The van der Waals surface area contributed by atoms with E-state index < -0.39 is 10.0 Å². The minimum absolute atomic E-state index is 0.227. The molecule has 2 aromatic rings. The van der Waals surface area contributed by atoms with Crippen LogP contribution in [0.5, 0.6) is 0 Å². The molecule has 2 N–H and O–H groups in total. The first-order valence-electron chi connectivity index (χ1n) is 6.35. The number of nitrogens with one attached hydrogen (secondary N) is 2. The SMILES string of the molecule is CNc1ccccc1S(=O)(=O)Nc1nc(C2CC2)cs1. The largest absolute Gasteiger partial charge is 0.387 e. The van der Waals surface area contributed by atoms with E-state index in [1.54, 1.807) is 31.3 Å². The molecule has 0 spiro atoms. The van der Waals surface area contributed by atoms with Gasteiger partial charge in [0, 0.05) is 18.3 Å². The molecule has 0 radical (unpaired) electrons. The van der Waals surface area contributed by atoms with Gasteiger partial charge in [0.05, 0.1) is 11.4 Å². The lowest BCUT2D eigenvalue weighted by atomic mass is 10.3. The van der Waals surface area contributed by atoms with Gasteiger partial charge in [0.15, 0.2) is 5.13 Å². The van der Waals surface area contributed by atoms with Gasteiger partial charge in [0.1, 0.15) is 4.90 Å². The number of para-hydroxylation sites is 1. The number of thiazole rings is 1. The van der Waals surface area contributed by atoms with E-state index in [9.17, 15) is 8.42 Å². The van der Waals surface area contributed by atoms with Crippen LogP contribution in [0.4, 0.5) is 10.8 Å². The van der Waals surface area contributed by atoms with E-state index in [1.165, 1.54) is 11.3 Å². The van der Waals surface area contributed by atoms with Crippen molar-refractivity contribution in [3.63, 3.8) is 0 Å². The quantitative estimate of drug-likeness (QED) is 0.891. The average Bonchev–Trinajstić information content (AvgIpc) is 3.20. The Morgan fingerprint density at radius 2 is 2.05 bits per heavy atom. The lowest BCUT2D eigenvalue weighted by molar-refractivity contribution is 0.601. The number of nitrogens with zero attached hydrogens (tertiary/aromatic N) is 1. The summed E-state index contributed by atoms with van der Waals surface area (Å²) in [5.41, 5.74) is 1.56. The zero-order chi connectivity index (χ0) is 14.2. The van der Waals surface area contributed by atoms with Crippen molar-refractivity contribution in [3.05, 3.63) is 35.3 Å². The van der Waals surface area contributed by atoms with Crippen molar-refractivity contribution in [1.29, 1.82) is 0 Å². The third kappa shape index (κ3) is 2.64. The zero-order valence-electron chi connectivity index (χ0n) is 11.0. The molecule has 0 saturated heterocycles. The van der Waals surface area contributed by atoms with Gasteiger partial charge in [0.25, 0.3) is 10.0 Å². The fourth-order valence-corrected chi connectivity index (χ4v) is 4.24. The Hall–Kier alpha value is -1.60. The third-order valence-electron chi connectivity index (χ3n) is 3.19. The van der Waals surface area contributed by atoms with Gasteiger partial charge in [-0.05, 0) is 25.0 Å². The summed E-state index contributed by atoms with van der Waals surface area (Å²) in [5.74, 6) is 0.522. The normalized spacial score (nSPS) is 15.1. The molecule has 106 valence electrons. The van der Waals surface area contributed by atoms with Crippen molar-refractivity contribution in [1.82, 2.24) is 4.98 Å². The molecule has 5 nitrogen and oxygen atoms in total. The first kappa shape index (κ1) is 13.4. The summed E-state index contributed by atoms with van der Waals surface area (Å²) < 4.78 is 27.3. The molecule has 0 atom stereocenters. The van der Waals surface area contributed by atoms with Crippen molar-refractivity contribution in [2.24, 2.45) is 0 Å². The molecule has 0 unspecified atom stereocenters. The van der Waals surface area contributed by atoms with Gasteiger partial charge in [-0.25, -0.2) is 13.4 Å². The van der Waals surface area contributed by atoms with E-state index in [-0.39, 0.29) is 4.90 Å². The molecular weight excluding hydrogens is 294 g/mol. The molecule has 1 aromatic carbocycles. The fourth-order valence-electron chi connectivity index (χ4n) is 1.98. The van der Waals surface area contributed by atoms with Crippen LogP contribution in [0.3, 0.4) is 0 Å². The number of hydrogen-bond donors (Lipinski definition) is 2. The Bertz CT molecular complexity index is 721. The monoisotopic (exact) mass is 309 g/mol. The van der Waals surface area contributed by atoms with E-state index in [0.717, 1.165) is 18.5 Å². The summed E-state index contributed by atoms with van der Waals surface area (Å²) in [6, 6.07) is 6.79. The Morgan fingerprint density at radius 1 is 1.30 bits per heavy atom. The maximum absolute atomic E-state index is 12.4. The minimum Gasteiger partial charge on any atom is -0.387 e. The molecule has 7 heteroatoms. The van der Waals surface area contributed by atoms with Gasteiger partial charge >= 0.3 is 0 Å². The molecule has 1 aliphatic carbocycles.